The van der Waals surface area contributed by atoms with Crippen molar-refractivity contribution in [3.63, 3.8) is 0 Å². The molecule has 0 aliphatic rings. The molecule has 1 rings (SSSR count). The van der Waals surface area contributed by atoms with Gasteiger partial charge in [0.05, 0.1) is 11.5 Å². The summed E-state index contributed by atoms with van der Waals surface area (Å²) in [5, 5.41) is 5.14. The van der Waals surface area contributed by atoms with Gasteiger partial charge in [-0.1, -0.05) is 19.9 Å². The van der Waals surface area contributed by atoms with Gasteiger partial charge < -0.3 is 11.1 Å². The van der Waals surface area contributed by atoms with E-state index in [2.05, 4.69) is 18.3 Å². The summed E-state index contributed by atoms with van der Waals surface area (Å²) >= 11 is 1.68. The van der Waals surface area contributed by atoms with Gasteiger partial charge in [0.25, 0.3) is 0 Å². The maximum absolute atomic E-state index is 12.2. The third kappa shape index (κ3) is 3.30. The van der Waals surface area contributed by atoms with E-state index in [0.717, 1.165) is 12.8 Å². The van der Waals surface area contributed by atoms with Crippen molar-refractivity contribution < 1.29 is 4.79 Å². The normalized spacial score (nSPS) is 16.2. The van der Waals surface area contributed by atoms with Crippen LogP contribution in [0.1, 0.15) is 44.5 Å². The van der Waals surface area contributed by atoms with Crippen molar-refractivity contribution in [2.45, 2.75) is 39.7 Å². The second kappa shape index (κ2) is 6.17. The molecule has 1 aromatic rings. The van der Waals surface area contributed by atoms with Gasteiger partial charge in [0, 0.05) is 11.4 Å². The Morgan fingerprint density at radius 2 is 2.29 bits per heavy atom. The van der Waals surface area contributed by atoms with Crippen LogP contribution >= 0.6 is 11.3 Å². The molecule has 17 heavy (non-hydrogen) atoms. The van der Waals surface area contributed by atoms with E-state index in [0.29, 0.717) is 6.54 Å². The van der Waals surface area contributed by atoms with Crippen LogP contribution in [0.15, 0.2) is 17.5 Å². The lowest BCUT2D eigenvalue weighted by atomic mass is 9.86. The lowest BCUT2D eigenvalue weighted by molar-refractivity contribution is -0.130. The fourth-order valence-corrected chi connectivity index (χ4v) is 2.46. The molecule has 0 spiro atoms. The zero-order chi connectivity index (χ0) is 12.9. The first-order valence-corrected chi connectivity index (χ1v) is 6.99. The van der Waals surface area contributed by atoms with Crippen LogP contribution in [-0.4, -0.2) is 12.5 Å². The number of carbonyl (C=O) groups excluding carboxylic acids is 1. The highest BCUT2D eigenvalue weighted by Gasteiger charge is 2.31. The SMILES string of the molecule is CCC(NC(=O)C(C)(CC)CN)c1cccs1. The van der Waals surface area contributed by atoms with Crippen molar-refractivity contribution in [1.29, 1.82) is 0 Å². The minimum absolute atomic E-state index is 0.0581. The minimum Gasteiger partial charge on any atom is -0.348 e. The molecule has 0 saturated carbocycles. The van der Waals surface area contributed by atoms with Crippen LogP contribution in [0.2, 0.25) is 0 Å². The van der Waals surface area contributed by atoms with Gasteiger partial charge in [-0.2, -0.15) is 0 Å². The van der Waals surface area contributed by atoms with E-state index in [9.17, 15) is 4.79 Å². The molecule has 1 aromatic heterocycles. The minimum atomic E-state index is -0.454. The first kappa shape index (κ1) is 14.2. The number of carbonyl (C=O) groups is 1. The molecule has 0 aromatic carbocycles. The summed E-state index contributed by atoms with van der Waals surface area (Å²) in [7, 11) is 0. The molecule has 0 fully saturated rings. The fourth-order valence-electron chi connectivity index (χ4n) is 1.59. The lowest BCUT2D eigenvalue weighted by Crippen LogP contribution is -2.44. The Kier molecular flexibility index (Phi) is 5.15. The number of nitrogens with one attached hydrogen (secondary N) is 1. The zero-order valence-corrected chi connectivity index (χ0v) is 11.6. The first-order valence-electron chi connectivity index (χ1n) is 6.11. The number of hydrogen-bond donors (Lipinski definition) is 2. The lowest BCUT2D eigenvalue weighted by Gasteiger charge is -2.27. The van der Waals surface area contributed by atoms with Crippen LogP contribution in [-0.2, 0) is 4.79 Å². The maximum atomic E-state index is 12.2. The number of hydrogen-bond acceptors (Lipinski definition) is 3. The van der Waals surface area contributed by atoms with E-state index in [1.54, 1.807) is 11.3 Å². The molecule has 3 N–H and O–H groups in total. The highest BCUT2D eigenvalue weighted by molar-refractivity contribution is 7.10. The van der Waals surface area contributed by atoms with Crippen molar-refractivity contribution in [3.8, 4) is 0 Å². The Morgan fingerprint density at radius 1 is 1.59 bits per heavy atom. The van der Waals surface area contributed by atoms with Crippen LogP contribution in [0.5, 0.6) is 0 Å². The van der Waals surface area contributed by atoms with Crippen molar-refractivity contribution in [1.82, 2.24) is 5.32 Å². The van der Waals surface area contributed by atoms with Crippen molar-refractivity contribution >= 4 is 17.2 Å². The zero-order valence-electron chi connectivity index (χ0n) is 10.8. The first-order chi connectivity index (χ1) is 8.07. The summed E-state index contributed by atoms with van der Waals surface area (Å²) in [5.74, 6) is 0.0581. The molecule has 0 radical (unpaired) electrons. The van der Waals surface area contributed by atoms with E-state index in [1.807, 2.05) is 25.3 Å². The van der Waals surface area contributed by atoms with Gasteiger partial charge >= 0.3 is 0 Å². The molecular formula is C13H22N2OS. The molecule has 3 nitrogen and oxygen atoms in total. The largest absolute Gasteiger partial charge is 0.348 e. The Balaban J connectivity index is 2.72. The van der Waals surface area contributed by atoms with E-state index in [-0.39, 0.29) is 11.9 Å². The second-order valence-corrected chi connectivity index (χ2v) is 5.55. The van der Waals surface area contributed by atoms with E-state index in [1.165, 1.54) is 4.88 Å². The van der Waals surface area contributed by atoms with Gasteiger partial charge in [0.15, 0.2) is 0 Å². The molecule has 1 amide bonds. The molecule has 0 saturated heterocycles. The van der Waals surface area contributed by atoms with E-state index >= 15 is 0 Å². The number of amides is 1. The van der Waals surface area contributed by atoms with Crippen LogP contribution < -0.4 is 11.1 Å². The van der Waals surface area contributed by atoms with Gasteiger partial charge in [-0.05, 0) is 31.2 Å². The Labute approximate surface area is 107 Å². The maximum Gasteiger partial charge on any atom is 0.227 e. The number of rotatable bonds is 6. The Hall–Kier alpha value is -0.870. The fraction of sp³-hybridized carbons (Fsp3) is 0.615. The third-order valence-electron chi connectivity index (χ3n) is 3.38. The van der Waals surface area contributed by atoms with Crippen molar-refractivity contribution in [2.75, 3.05) is 6.54 Å². The van der Waals surface area contributed by atoms with Gasteiger partial charge in [0.2, 0.25) is 5.91 Å². The van der Waals surface area contributed by atoms with Crippen LogP contribution in [0.4, 0.5) is 0 Å². The van der Waals surface area contributed by atoms with Gasteiger partial charge in [-0.25, -0.2) is 0 Å². The van der Waals surface area contributed by atoms with Gasteiger partial charge in [-0.3, -0.25) is 4.79 Å². The number of thiophene rings is 1. The van der Waals surface area contributed by atoms with E-state index < -0.39 is 5.41 Å². The third-order valence-corrected chi connectivity index (χ3v) is 4.37. The Morgan fingerprint density at radius 3 is 2.71 bits per heavy atom. The highest BCUT2D eigenvalue weighted by Crippen LogP contribution is 2.25. The summed E-state index contributed by atoms with van der Waals surface area (Å²) in [6, 6.07) is 4.18. The van der Waals surface area contributed by atoms with Crippen molar-refractivity contribution in [3.05, 3.63) is 22.4 Å². The molecule has 0 aliphatic carbocycles. The number of nitrogens with two attached hydrogens (primary N) is 1. The molecule has 2 atom stereocenters. The molecule has 0 aliphatic heterocycles. The molecule has 1 heterocycles. The van der Waals surface area contributed by atoms with Crippen LogP contribution in [0.3, 0.4) is 0 Å². The average Bonchev–Trinajstić information content (AvgIpc) is 2.88. The molecular weight excluding hydrogens is 232 g/mol. The summed E-state index contributed by atoms with van der Waals surface area (Å²) in [6.07, 6.45) is 1.66. The quantitative estimate of drug-likeness (QED) is 0.820. The summed E-state index contributed by atoms with van der Waals surface area (Å²) < 4.78 is 0. The highest BCUT2D eigenvalue weighted by atomic mass is 32.1. The summed E-state index contributed by atoms with van der Waals surface area (Å²) in [6.45, 7) is 6.38. The smallest absolute Gasteiger partial charge is 0.227 e. The average molecular weight is 254 g/mol. The molecule has 0 bridgehead atoms. The van der Waals surface area contributed by atoms with Gasteiger partial charge in [-0.15, -0.1) is 11.3 Å². The van der Waals surface area contributed by atoms with Crippen molar-refractivity contribution in [2.24, 2.45) is 11.1 Å². The van der Waals surface area contributed by atoms with Crippen LogP contribution in [0.25, 0.3) is 0 Å². The molecule has 2 unspecified atom stereocenters. The predicted molar refractivity (Wildman–Crippen MR) is 72.9 cm³/mol. The van der Waals surface area contributed by atoms with E-state index in [4.69, 9.17) is 5.73 Å². The summed E-state index contributed by atoms with van der Waals surface area (Å²) in [4.78, 5) is 13.4. The topological polar surface area (TPSA) is 55.1 Å². The molecule has 96 valence electrons. The van der Waals surface area contributed by atoms with Crippen LogP contribution in [0, 0.1) is 5.41 Å². The Bertz CT molecular complexity index is 344. The predicted octanol–water partition coefficient (Wildman–Crippen LogP) is 2.69. The monoisotopic (exact) mass is 254 g/mol. The standard InChI is InChI=1S/C13H22N2OS/c1-4-10(11-7-6-8-17-11)15-12(16)13(3,5-2)9-14/h6-8,10H,4-5,9,14H2,1-3H3,(H,15,16). The summed E-state index contributed by atoms with van der Waals surface area (Å²) in [5.41, 5.74) is 5.24. The van der Waals surface area contributed by atoms with Gasteiger partial charge in [0.1, 0.15) is 0 Å². The second-order valence-electron chi connectivity index (χ2n) is 4.57. The molecule has 4 heteroatoms.